The van der Waals surface area contributed by atoms with Crippen LogP contribution in [-0.4, -0.2) is 67.3 Å². The number of rotatable bonds is 4. The Balaban J connectivity index is 1.28. The van der Waals surface area contributed by atoms with Gasteiger partial charge in [-0.05, 0) is 44.0 Å². The van der Waals surface area contributed by atoms with Crippen molar-refractivity contribution in [3.05, 3.63) is 53.8 Å². The van der Waals surface area contributed by atoms with Crippen LogP contribution in [0, 0.1) is 12.7 Å². The van der Waals surface area contributed by atoms with E-state index >= 15 is 0 Å². The fourth-order valence-electron chi connectivity index (χ4n) is 4.49. The van der Waals surface area contributed by atoms with Crippen molar-refractivity contribution in [2.75, 3.05) is 37.6 Å². The number of hydrogen-bond acceptors (Lipinski definition) is 6. The molecule has 174 valence electrons. The summed E-state index contributed by atoms with van der Waals surface area (Å²) in [6.07, 6.45) is 1.19. The number of sulfonamides is 1. The van der Waals surface area contributed by atoms with Crippen molar-refractivity contribution in [1.29, 1.82) is 0 Å². The smallest absolute Gasteiger partial charge is 0.243 e. The second-order valence-corrected chi connectivity index (χ2v) is 11.4. The number of halogens is 1. The van der Waals surface area contributed by atoms with Gasteiger partial charge in [0.25, 0.3) is 0 Å². The summed E-state index contributed by atoms with van der Waals surface area (Å²) in [7, 11) is -3.73. The van der Waals surface area contributed by atoms with Gasteiger partial charge in [-0.1, -0.05) is 35.1 Å². The summed E-state index contributed by atoms with van der Waals surface area (Å²) in [5.41, 5.74) is 1.36. The summed E-state index contributed by atoms with van der Waals surface area (Å²) in [6, 6.07) is 11.0. The van der Waals surface area contributed by atoms with Crippen LogP contribution in [-0.2, 0) is 14.8 Å². The van der Waals surface area contributed by atoms with E-state index in [-0.39, 0.29) is 16.6 Å². The minimum atomic E-state index is -3.73. The van der Waals surface area contributed by atoms with Crippen LogP contribution < -0.4 is 4.90 Å². The maximum Gasteiger partial charge on any atom is 0.243 e. The van der Waals surface area contributed by atoms with E-state index in [4.69, 9.17) is 0 Å². The molecule has 0 aliphatic carbocycles. The standard InChI is InChI=1S/C23H25FN4O3S2/c1-16-7-9-17(10-8-16)33(30,31)28-11-3-5-19(28)22(29)26-12-14-27(15-13-26)23-25-21-18(24)4-2-6-20(21)32-23/h2,4,6-10,19H,3,5,11-15H2,1H3. The largest absolute Gasteiger partial charge is 0.345 e. The number of amides is 1. The fourth-order valence-corrected chi connectivity index (χ4v) is 7.17. The second kappa shape index (κ2) is 8.66. The van der Waals surface area contributed by atoms with Gasteiger partial charge in [-0.15, -0.1) is 0 Å². The van der Waals surface area contributed by atoms with Crippen molar-refractivity contribution in [3.63, 3.8) is 0 Å². The molecule has 0 radical (unpaired) electrons. The molecule has 1 atom stereocenters. The highest BCUT2D eigenvalue weighted by molar-refractivity contribution is 7.89. The number of benzene rings is 2. The van der Waals surface area contributed by atoms with E-state index < -0.39 is 16.1 Å². The monoisotopic (exact) mass is 488 g/mol. The minimum Gasteiger partial charge on any atom is -0.345 e. The molecular weight excluding hydrogens is 463 g/mol. The number of piperazine rings is 1. The maximum absolute atomic E-state index is 14.0. The predicted molar refractivity (Wildman–Crippen MR) is 126 cm³/mol. The summed E-state index contributed by atoms with van der Waals surface area (Å²) in [6.45, 7) is 4.36. The molecule has 3 heterocycles. The van der Waals surface area contributed by atoms with E-state index in [2.05, 4.69) is 9.88 Å². The third-order valence-corrected chi connectivity index (χ3v) is 9.34. The first-order chi connectivity index (χ1) is 15.8. The molecule has 2 aromatic carbocycles. The molecule has 0 N–H and O–H groups in total. The van der Waals surface area contributed by atoms with Crippen LogP contribution in [0.15, 0.2) is 47.4 Å². The molecule has 1 unspecified atom stereocenters. The zero-order chi connectivity index (χ0) is 23.2. The Morgan fingerprint density at radius 2 is 1.79 bits per heavy atom. The van der Waals surface area contributed by atoms with E-state index in [0.717, 1.165) is 15.4 Å². The molecule has 2 fully saturated rings. The summed E-state index contributed by atoms with van der Waals surface area (Å²) in [4.78, 5) is 21.8. The zero-order valence-corrected chi connectivity index (χ0v) is 19.9. The minimum absolute atomic E-state index is 0.141. The summed E-state index contributed by atoms with van der Waals surface area (Å²) >= 11 is 1.44. The molecule has 7 nitrogen and oxygen atoms in total. The van der Waals surface area contributed by atoms with E-state index in [0.29, 0.717) is 51.1 Å². The van der Waals surface area contributed by atoms with Crippen molar-refractivity contribution in [1.82, 2.24) is 14.2 Å². The Labute approximate surface area is 196 Å². The van der Waals surface area contributed by atoms with Crippen molar-refractivity contribution in [2.24, 2.45) is 0 Å². The summed E-state index contributed by atoms with van der Waals surface area (Å²) < 4.78 is 42.6. The lowest BCUT2D eigenvalue weighted by Crippen LogP contribution is -2.54. The summed E-state index contributed by atoms with van der Waals surface area (Å²) in [5.74, 6) is -0.474. The quantitative estimate of drug-likeness (QED) is 0.564. The highest BCUT2D eigenvalue weighted by atomic mass is 32.2. The van der Waals surface area contributed by atoms with Gasteiger partial charge in [0, 0.05) is 32.7 Å². The molecular formula is C23H25FN4O3S2. The van der Waals surface area contributed by atoms with Gasteiger partial charge in [-0.2, -0.15) is 4.31 Å². The van der Waals surface area contributed by atoms with Gasteiger partial charge >= 0.3 is 0 Å². The molecule has 10 heteroatoms. The van der Waals surface area contributed by atoms with E-state index in [1.54, 1.807) is 35.2 Å². The van der Waals surface area contributed by atoms with Crippen molar-refractivity contribution < 1.29 is 17.6 Å². The Hall–Kier alpha value is -2.56. The maximum atomic E-state index is 14.0. The molecule has 1 amide bonds. The van der Waals surface area contributed by atoms with Crippen LogP contribution in [0.25, 0.3) is 10.2 Å². The number of aryl methyl sites for hydroxylation is 1. The fraction of sp³-hybridized carbons (Fsp3) is 0.391. The molecule has 0 saturated carbocycles. The number of nitrogens with zero attached hydrogens (tertiary/aromatic N) is 4. The highest BCUT2D eigenvalue weighted by Crippen LogP contribution is 2.32. The van der Waals surface area contributed by atoms with Crippen LogP contribution >= 0.6 is 11.3 Å². The molecule has 0 spiro atoms. The van der Waals surface area contributed by atoms with Gasteiger partial charge in [0.05, 0.1) is 9.60 Å². The Bertz CT molecular complexity index is 1280. The van der Waals surface area contributed by atoms with E-state index in [1.165, 1.54) is 21.7 Å². The Morgan fingerprint density at radius 1 is 1.06 bits per heavy atom. The van der Waals surface area contributed by atoms with Gasteiger partial charge in [0.15, 0.2) is 5.13 Å². The second-order valence-electron chi connectivity index (χ2n) is 8.48. The van der Waals surface area contributed by atoms with Gasteiger partial charge in [-0.25, -0.2) is 17.8 Å². The van der Waals surface area contributed by atoms with Gasteiger partial charge in [0.2, 0.25) is 15.9 Å². The van der Waals surface area contributed by atoms with Crippen molar-refractivity contribution in [3.8, 4) is 0 Å². The van der Waals surface area contributed by atoms with Crippen molar-refractivity contribution in [2.45, 2.75) is 30.7 Å². The molecule has 2 aliphatic heterocycles. The van der Waals surface area contributed by atoms with Crippen LogP contribution in [0.5, 0.6) is 0 Å². The number of thiazole rings is 1. The average molecular weight is 489 g/mol. The third kappa shape index (κ3) is 4.11. The number of hydrogen-bond donors (Lipinski definition) is 0. The first kappa shape index (κ1) is 22.2. The molecule has 0 bridgehead atoms. The normalized spacial score (nSPS) is 20.0. The molecule has 2 aliphatic rings. The van der Waals surface area contributed by atoms with Crippen LogP contribution in [0.3, 0.4) is 0 Å². The molecule has 3 aromatic rings. The number of carbonyl (C=O) groups is 1. The molecule has 33 heavy (non-hydrogen) atoms. The lowest BCUT2D eigenvalue weighted by Gasteiger charge is -2.37. The first-order valence-corrected chi connectivity index (χ1v) is 13.3. The van der Waals surface area contributed by atoms with E-state index in [9.17, 15) is 17.6 Å². The predicted octanol–water partition coefficient (Wildman–Crippen LogP) is 3.25. The number of para-hydroxylation sites is 1. The van der Waals surface area contributed by atoms with Gasteiger partial charge in [0.1, 0.15) is 17.4 Å². The number of carbonyl (C=O) groups excluding carboxylic acids is 1. The van der Waals surface area contributed by atoms with Crippen LogP contribution in [0.4, 0.5) is 9.52 Å². The number of aromatic nitrogens is 1. The third-order valence-electron chi connectivity index (χ3n) is 6.34. The number of anilines is 1. The van der Waals surface area contributed by atoms with Crippen LogP contribution in [0.1, 0.15) is 18.4 Å². The average Bonchev–Trinajstić information content (AvgIpc) is 3.48. The van der Waals surface area contributed by atoms with Gasteiger partial charge < -0.3 is 9.80 Å². The van der Waals surface area contributed by atoms with E-state index in [1.807, 2.05) is 13.0 Å². The lowest BCUT2D eigenvalue weighted by atomic mass is 10.2. The van der Waals surface area contributed by atoms with Crippen LogP contribution in [0.2, 0.25) is 0 Å². The first-order valence-electron chi connectivity index (χ1n) is 11.0. The SMILES string of the molecule is Cc1ccc(S(=O)(=O)N2CCCC2C(=O)N2CCN(c3nc4c(F)cccc4s3)CC2)cc1. The number of fused-ring (bicyclic) bond motifs is 1. The molecule has 1 aromatic heterocycles. The van der Waals surface area contributed by atoms with Crippen molar-refractivity contribution >= 4 is 42.6 Å². The Morgan fingerprint density at radius 3 is 2.48 bits per heavy atom. The Kier molecular flexibility index (Phi) is 5.84. The zero-order valence-electron chi connectivity index (χ0n) is 18.3. The summed E-state index contributed by atoms with van der Waals surface area (Å²) in [5, 5.41) is 0.742. The molecule has 2 saturated heterocycles. The molecule has 5 rings (SSSR count). The van der Waals surface area contributed by atoms with Gasteiger partial charge in [-0.3, -0.25) is 4.79 Å². The lowest BCUT2D eigenvalue weighted by molar-refractivity contribution is -0.134. The highest BCUT2D eigenvalue weighted by Gasteiger charge is 2.41. The topological polar surface area (TPSA) is 73.8 Å².